The predicted octanol–water partition coefficient (Wildman–Crippen LogP) is 2.04. The smallest absolute Gasteiger partial charge is 0.335 e. The van der Waals surface area contributed by atoms with Crippen molar-refractivity contribution in [1.82, 2.24) is 9.55 Å². The lowest BCUT2D eigenvalue weighted by Gasteiger charge is -2.20. The molecule has 1 aromatic carbocycles. The summed E-state index contributed by atoms with van der Waals surface area (Å²) in [6.07, 6.45) is 4.82. The zero-order valence-corrected chi connectivity index (χ0v) is 10.4. The number of aryl methyl sites for hydroxylation is 1. The second-order valence-electron chi connectivity index (χ2n) is 4.80. The molecular formula is C14H15N3O2. The van der Waals surface area contributed by atoms with Crippen molar-refractivity contribution >= 4 is 5.97 Å². The SMILES string of the molecule is NC1CCCc2nc(-c3cccc(C(=O)O)c3)cn21. The lowest BCUT2D eigenvalue weighted by atomic mass is 10.1. The van der Waals surface area contributed by atoms with Crippen LogP contribution in [0.15, 0.2) is 30.5 Å². The van der Waals surface area contributed by atoms with E-state index >= 15 is 0 Å². The zero-order chi connectivity index (χ0) is 13.4. The van der Waals surface area contributed by atoms with Crippen LogP contribution >= 0.6 is 0 Å². The number of nitrogens with zero attached hydrogens (tertiary/aromatic N) is 2. The summed E-state index contributed by atoms with van der Waals surface area (Å²) in [5.74, 6) is 0.0528. The van der Waals surface area contributed by atoms with Gasteiger partial charge in [-0.05, 0) is 25.0 Å². The van der Waals surface area contributed by atoms with Gasteiger partial charge in [0.2, 0.25) is 0 Å². The minimum absolute atomic E-state index is 0.0207. The molecule has 0 aliphatic carbocycles. The lowest BCUT2D eigenvalue weighted by Crippen LogP contribution is -2.24. The first kappa shape index (κ1) is 11.9. The third-order valence-electron chi connectivity index (χ3n) is 3.47. The Kier molecular flexibility index (Phi) is 2.83. The topological polar surface area (TPSA) is 81.1 Å². The normalized spacial score (nSPS) is 18.1. The standard InChI is InChI=1S/C14H15N3O2/c15-12-5-2-6-13-16-11(8-17(12)13)9-3-1-4-10(7-9)14(18)19/h1,3-4,7-8,12H,2,5-6,15H2,(H,18,19). The van der Waals surface area contributed by atoms with Gasteiger partial charge in [-0.2, -0.15) is 0 Å². The molecule has 0 saturated heterocycles. The van der Waals surface area contributed by atoms with E-state index in [0.29, 0.717) is 0 Å². The average molecular weight is 257 g/mol. The van der Waals surface area contributed by atoms with E-state index in [-0.39, 0.29) is 11.7 Å². The quantitative estimate of drug-likeness (QED) is 0.862. The molecule has 1 aromatic heterocycles. The third-order valence-corrected chi connectivity index (χ3v) is 3.47. The number of aromatic nitrogens is 2. The highest BCUT2D eigenvalue weighted by Gasteiger charge is 2.19. The Morgan fingerprint density at radius 1 is 1.47 bits per heavy atom. The molecular weight excluding hydrogens is 242 g/mol. The van der Waals surface area contributed by atoms with E-state index in [9.17, 15) is 4.79 Å². The van der Waals surface area contributed by atoms with Crippen LogP contribution in [-0.4, -0.2) is 20.6 Å². The Labute approximate surface area is 110 Å². The molecule has 1 aliphatic heterocycles. The van der Waals surface area contributed by atoms with Gasteiger partial charge in [-0.15, -0.1) is 0 Å². The number of carboxylic acids is 1. The van der Waals surface area contributed by atoms with E-state index < -0.39 is 5.97 Å². The number of benzene rings is 1. The number of rotatable bonds is 2. The maximum absolute atomic E-state index is 11.0. The van der Waals surface area contributed by atoms with E-state index in [1.807, 2.05) is 16.8 Å². The molecule has 0 saturated carbocycles. The van der Waals surface area contributed by atoms with Crippen LogP contribution in [0.25, 0.3) is 11.3 Å². The number of aromatic carboxylic acids is 1. The Balaban J connectivity index is 2.03. The van der Waals surface area contributed by atoms with Crippen molar-refractivity contribution in [3.63, 3.8) is 0 Å². The molecule has 2 aromatic rings. The fourth-order valence-electron chi connectivity index (χ4n) is 2.46. The molecule has 0 bridgehead atoms. The van der Waals surface area contributed by atoms with Crippen LogP contribution in [0.2, 0.25) is 0 Å². The number of nitrogens with two attached hydrogens (primary N) is 1. The molecule has 0 radical (unpaired) electrons. The van der Waals surface area contributed by atoms with Crippen LogP contribution in [0.5, 0.6) is 0 Å². The van der Waals surface area contributed by atoms with E-state index in [0.717, 1.165) is 36.3 Å². The molecule has 98 valence electrons. The summed E-state index contributed by atoms with van der Waals surface area (Å²) in [5.41, 5.74) is 7.92. The van der Waals surface area contributed by atoms with Gasteiger partial charge in [0.05, 0.1) is 17.4 Å². The van der Waals surface area contributed by atoms with Crippen molar-refractivity contribution in [1.29, 1.82) is 0 Å². The fourth-order valence-corrected chi connectivity index (χ4v) is 2.46. The highest BCUT2D eigenvalue weighted by atomic mass is 16.4. The van der Waals surface area contributed by atoms with Gasteiger partial charge in [-0.3, -0.25) is 0 Å². The van der Waals surface area contributed by atoms with Crippen LogP contribution < -0.4 is 5.73 Å². The van der Waals surface area contributed by atoms with Crippen molar-refractivity contribution in [3.8, 4) is 11.3 Å². The lowest BCUT2D eigenvalue weighted by molar-refractivity contribution is 0.0697. The minimum atomic E-state index is -0.928. The maximum Gasteiger partial charge on any atom is 0.335 e. The first-order chi connectivity index (χ1) is 9.15. The Morgan fingerprint density at radius 2 is 2.32 bits per heavy atom. The van der Waals surface area contributed by atoms with Gasteiger partial charge >= 0.3 is 5.97 Å². The third kappa shape index (κ3) is 2.13. The van der Waals surface area contributed by atoms with Gasteiger partial charge in [-0.25, -0.2) is 9.78 Å². The first-order valence-electron chi connectivity index (χ1n) is 6.32. The number of carbonyl (C=O) groups is 1. The number of fused-ring (bicyclic) bond motifs is 1. The average Bonchev–Trinajstić information content (AvgIpc) is 2.84. The minimum Gasteiger partial charge on any atom is -0.478 e. The van der Waals surface area contributed by atoms with Gasteiger partial charge < -0.3 is 15.4 Å². The second-order valence-corrected chi connectivity index (χ2v) is 4.80. The molecule has 3 rings (SSSR count). The molecule has 1 atom stereocenters. The van der Waals surface area contributed by atoms with Crippen LogP contribution in [0.4, 0.5) is 0 Å². The number of hydrogen-bond donors (Lipinski definition) is 2. The molecule has 5 heteroatoms. The number of carboxylic acid groups (broad SMARTS) is 1. The van der Waals surface area contributed by atoms with E-state index in [1.54, 1.807) is 18.2 Å². The molecule has 5 nitrogen and oxygen atoms in total. The van der Waals surface area contributed by atoms with E-state index in [2.05, 4.69) is 4.98 Å². The van der Waals surface area contributed by atoms with Crippen molar-refractivity contribution in [2.24, 2.45) is 5.73 Å². The molecule has 0 amide bonds. The Hall–Kier alpha value is -2.14. The summed E-state index contributed by atoms with van der Waals surface area (Å²) < 4.78 is 1.99. The van der Waals surface area contributed by atoms with Gasteiger partial charge in [-0.1, -0.05) is 12.1 Å². The summed E-state index contributed by atoms with van der Waals surface area (Å²) in [5, 5.41) is 9.01. The zero-order valence-electron chi connectivity index (χ0n) is 10.4. The molecule has 1 aliphatic rings. The molecule has 2 heterocycles. The van der Waals surface area contributed by atoms with E-state index in [4.69, 9.17) is 10.8 Å². The largest absolute Gasteiger partial charge is 0.478 e. The van der Waals surface area contributed by atoms with Crippen LogP contribution in [-0.2, 0) is 6.42 Å². The summed E-state index contributed by atoms with van der Waals surface area (Å²) in [6, 6.07) is 6.82. The van der Waals surface area contributed by atoms with Crippen molar-refractivity contribution in [2.75, 3.05) is 0 Å². The highest BCUT2D eigenvalue weighted by molar-refractivity contribution is 5.89. The van der Waals surface area contributed by atoms with Crippen molar-refractivity contribution < 1.29 is 9.90 Å². The van der Waals surface area contributed by atoms with Crippen LogP contribution in [0.3, 0.4) is 0 Å². The molecule has 0 fully saturated rings. The van der Waals surface area contributed by atoms with Gasteiger partial charge in [0, 0.05) is 18.2 Å². The summed E-state index contributed by atoms with van der Waals surface area (Å²) >= 11 is 0. The number of hydrogen-bond acceptors (Lipinski definition) is 3. The maximum atomic E-state index is 11.0. The molecule has 19 heavy (non-hydrogen) atoms. The summed E-state index contributed by atoms with van der Waals surface area (Å²) in [6.45, 7) is 0. The van der Waals surface area contributed by atoms with Gasteiger partial charge in [0.1, 0.15) is 5.82 Å². The predicted molar refractivity (Wildman–Crippen MR) is 70.8 cm³/mol. The van der Waals surface area contributed by atoms with Crippen molar-refractivity contribution in [3.05, 3.63) is 41.9 Å². The summed E-state index contributed by atoms with van der Waals surface area (Å²) in [7, 11) is 0. The molecule has 0 spiro atoms. The number of imidazole rings is 1. The van der Waals surface area contributed by atoms with Crippen molar-refractivity contribution in [2.45, 2.75) is 25.4 Å². The summed E-state index contributed by atoms with van der Waals surface area (Å²) in [4.78, 5) is 15.5. The second kappa shape index (κ2) is 4.51. The monoisotopic (exact) mass is 257 g/mol. The Bertz CT molecular complexity index is 633. The highest BCUT2D eigenvalue weighted by Crippen LogP contribution is 2.26. The Morgan fingerprint density at radius 3 is 3.05 bits per heavy atom. The van der Waals surface area contributed by atoms with Gasteiger partial charge in [0.15, 0.2) is 0 Å². The van der Waals surface area contributed by atoms with Crippen LogP contribution in [0.1, 0.15) is 35.2 Å². The fraction of sp³-hybridized carbons (Fsp3) is 0.286. The molecule has 1 unspecified atom stereocenters. The van der Waals surface area contributed by atoms with E-state index in [1.165, 1.54) is 0 Å². The first-order valence-corrected chi connectivity index (χ1v) is 6.32. The van der Waals surface area contributed by atoms with Gasteiger partial charge in [0.25, 0.3) is 0 Å². The van der Waals surface area contributed by atoms with Crippen LogP contribution in [0, 0.1) is 0 Å². The molecule has 3 N–H and O–H groups in total.